The lowest BCUT2D eigenvalue weighted by molar-refractivity contribution is 0.103. The molecule has 136 valence electrons. The second-order valence-electron chi connectivity index (χ2n) is 7.10. The van der Waals surface area contributed by atoms with E-state index in [1.807, 2.05) is 67.5 Å². The molecule has 28 heavy (non-hydrogen) atoms. The molecule has 1 aromatic heterocycles. The summed E-state index contributed by atoms with van der Waals surface area (Å²) >= 11 is 0. The van der Waals surface area contributed by atoms with Crippen molar-refractivity contribution in [2.24, 2.45) is 0 Å². The molecule has 0 spiro atoms. The lowest BCUT2D eigenvalue weighted by Crippen LogP contribution is -2.21. The van der Waals surface area contributed by atoms with Gasteiger partial charge in [0.2, 0.25) is 5.78 Å². The molecule has 0 bridgehead atoms. The fraction of sp³-hybridized carbons (Fsp3) is 0.0870. The van der Waals surface area contributed by atoms with E-state index in [0.29, 0.717) is 22.2 Å². The van der Waals surface area contributed by atoms with Gasteiger partial charge in [0, 0.05) is 19.8 Å². The Morgan fingerprint density at radius 3 is 2.32 bits per heavy atom. The minimum absolute atomic E-state index is 0.182. The summed E-state index contributed by atoms with van der Waals surface area (Å²) in [5, 5.41) is 0.502. The molecule has 4 aromatic rings. The van der Waals surface area contributed by atoms with Gasteiger partial charge in [-0.05, 0) is 47.5 Å². The summed E-state index contributed by atoms with van der Waals surface area (Å²) < 4.78 is 1.43. The zero-order valence-corrected chi connectivity index (χ0v) is 15.5. The normalized spacial score (nSPS) is 12.1. The molecule has 1 aliphatic rings. The Morgan fingerprint density at radius 1 is 0.857 bits per heavy atom. The van der Waals surface area contributed by atoms with Crippen molar-refractivity contribution in [3.8, 4) is 16.8 Å². The number of hydrogen-bond acceptors (Lipinski definition) is 4. The van der Waals surface area contributed by atoms with E-state index in [0.717, 1.165) is 16.8 Å². The fourth-order valence-corrected chi connectivity index (χ4v) is 3.67. The molecule has 0 N–H and O–H groups in total. The van der Waals surface area contributed by atoms with Gasteiger partial charge >= 0.3 is 0 Å². The first kappa shape index (κ1) is 16.4. The number of nitrogens with zero attached hydrogens (tertiary/aromatic N) is 3. The summed E-state index contributed by atoms with van der Waals surface area (Å²) in [6.45, 7) is 0. The lowest BCUT2D eigenvalue weighted by Gasteiger charge is -2.13. The van der Waals surface area contributed by atoms with Gasteiger partial charge in [0.05, 0.1) is 22.2 Å². The molecule has 0 saturated heterocycles. The summed E-state index contributed by atoms with van der Waals surface area (Å²) in [5.74, 6) is -0.0280. The van der Waals surface area contributed by atoms with Crippen LogP contribution in [0.25, 0.3) is 27.7 Å². The zero-order valence-electron chi connectivity index (χ0n) is 15.5. The van der Waals surface area contributed by atoms with Gasteiger partial charge in [-0.3, -0.25) is 14.2 Å². The molecule has 0 radical (unpaired) electrons. The number of ketones is 1. The predicted molar refractivity (Wildman–Crippen MR) is 111 cm³/mol. The second kappa shape index (κ2) is 5.89. The highest BCUT2D eigenvalue weighted by Gasteiger charge is 2.29. The lowest BCUT2D eigenvalue weighted by atomic mass is 10.0. The minimum atomic E-state index is -0.218. The Hall–Kier alpha value is -3.73. The van der Waals surface area contributed by atoms with Crippen LogP contribution in [0, 0.1) is 0 Å². The third-order valence-corrected chi connectivity index (χ3v) is 5.18. The largest absolute Gasteiger partial charge is 0.378 e. The maximum atomic E-state index is 13.2. The molecule has 3 aromatic carbocycles. The number of rotatable bonds is 2. The number of carbonyl (C=O) groups excluding carboxylic acids is 1. The maximum absolute atomic E-state index is 13.2. The van der Waals surface area contributed by atoms with Crippen LogP contribution in [0.15, 0.2) is 71.5 Å². The molecule has 2 heterocycles. The van der Waals surface area contributed by atoms with Crippen molar-refractivity contribution in [2.45, 2.75) is 0 Å². The highest BCUT2D eigenvalue weighted by molar-refractivity contribution is 6.13. The molecule has 5 rings (SSSR count). The number of fused-ring (bicyclic) bond motifs is 4. The topological polar surface area (TPSA) is 55.2 Å². The van der Waals surface area contributed by atoms with Gasteiger partial charge in [-0.15, -0.1) is 0 Å². The number of hydrogen-bond donors (Lipinski definition) is 0. The van der Waals surface area contributed by atoms with E-state index >= 15 is 0 Å². The molecule has 0 amide bonds. The van der Waals surface area contributed by atoms with Crippen LogP contribution in [-0.2, 0) is 0 Å². The summed E-state index contributed by atoms with van der Waals surface area (Å²) in [7, 11) is 3.99. The number of aromatic nitrogens is 2. The van der Waals surface area contributed by atoms with Crippen molar-refractivity contribution < 1.29 is 4.79 Å². The van der Waals surface area contributed by atoms with E-state index in [4.69, 9.17) is 0 Å². The average molecular weight is 367 g/mol. The predicted octanol–water partition coefficient (Wildman–Crippen LogP) is 3.66. The van der Waals surface area contributed by atoms with E-state index in [2.05, 4.69) is 4.98 Å². The third kappa shape index (κ3) is 2.29. The van der Waals surface area contributed by atoms with Gasteiger partial charge in [-0.25, -0.2) is 4.98 Å². The second-order valence-corrected chi connectivity index (χ2v) is 7.10. The van der Waals surface area contributed by atoms with Crippen LogP contribution in [0.1, 0.15) is 16.2 Å². The summed E-state index contributed by atoms with van der Waals surface area (Å²) in [4.78, 5) is 32.4. The molecule has 1 aliphatic heterocycles. The smallest absolute Gasteiger partial charge is 0.266 e. The monoisotopic (exact) mass is 367 g/mol. The molecule has 0 fully saturated rings. The SMILES string of the molecule is CN(C)c1ccc(-c2ccc3nc4n(c(=O)c3c2)-c2ccccc2C4=O)cc1. The van der Waals surface area contributed by atoms with Crippen molar-refractivity contribution >= 4 is 22.4 Å². The molecule has 0 atom stereocenters. The van der Waals surface area contributed by atoms with Gasteiger partial charge in [-0.2, -0.15) is 0 Å². The van der Waals surface area contributed by atoms with E-state index in [1.54, 1.807) is 18.2 Å². The molecular formula is C23H17N3O2. The maximum Gasteiger partial charge on any atom is 0.266 e. The standard InChI is InChI=1S/C23H17N3O2/c1-25(2)16-10-7-14(8-11-16)15-9-12-19-18(13-15)23(28)26-20-6-4-3-5-17(20)21(27)22(26)24-19/h3-13H,1-2H3. The van der Waals surface area contributed by atoms with Gasteiger partial charge < -0.3 is 4.90 Å². The summed E-state index contributed by atoms with van der Waals surface area (Å²) in [6, 6.07) is 20.9. The summed E-state index contributed by atoms with van der Waals surface area (Å²) in [6.07, 6.45) is 0. The highest BCUT2D eigenvalue weighted by Crippen LogP contribution is 2.28. The van der Waals surface area contributed by atoms with Crippen molar-refractivity contribution in [1.29, 1.82) is 0 Å². The summed E-state index contributed by atoms with van der Waals surface area (Å²) in [5.41, 5.74) is 4.50. The first-order valence-corrected chi connectivity index (χ1v) is 9.03. The zero-order chi connectivity index (χ0) is 19.4. The van der Waals surface area contributed by atoms with Crippen LogP contribution < -0.4 is 10.5 Å². The number of anilines is 1. The first-order valence-electron chi connectivity index (χ1n) is 9.03. The van der Waals surface area contributed by atoms with Crippen LogP contribution in [0.4, 0.5) is 5.69 Å². The van der Waals surface area contributed by atoms with E-state index in [-0.39, 0.29) is 17.2 Å². The van der Waals surface area contributed by atoms with Crippen LogP contribution in [0.3, 0.4) is 0 Å². The van der Waals surface area contributed by atoms with Gasteiger partial charge in [0.15, 0.2) is 5.82 Å². The van der Waals surface area contributed by atoms with Crippen molar-refractivity contribution in [2.75, 3.05) is 19.0 Å². The quantitative estimate of drug-likeness (QED) is 0.478. The van der Waals surface area contributed by atoms with Crippen LogP contribution in [0.5, 0.6) is 0 Å². The molecule has 5 heteroatoms. The number of benzene rings is 3. The minimum Gasteiger partial charge on any atom is -0.378 e. The van der Waals surface area contributed by atoms with Gasteiger partial charge in [0.25, 0.3) is 5.56 Å². The van der Waals surface area contributed by atoms with Gasteiger partial charge in [-0.1, -0.05) is 30.3 Å². The number of para-hydroxylation sites is 1. The Labute approximate surface area is 161 Å². The Morgan fingerprint density at radius 2 is 1.57 bits per heavy atom. The van der Waals surface area contributed by atoms with Gasteiger partial charge in [0.1, 0.15) is 0 Å². The van der Waals surface area contributed by atoms with Crippen LogP contribution in [0.2, 0.25) is 0 Å². The Bertz CT molecular complexity index is 1320. The van der Waals surface area contributed by atoms with E-state index < -0.39 is 0 Å². The molecule has 5 nitrogen and oxygen atoms in total. The van der Waals surface area contributed by atoms with Crippen molar-refractivity contribution in [3.05, 3.63) is 88.5 Å². The molecule has 0 saturated carbocycles. The van der Waals surface area contributed by atoms with E-state index in [1.165, 1.54) is 4.57 Å². The first-order chi connectivity index (χ1) is 13.5. The van der Waals surface area contributed by atoms with Crippen LogP contribution >= 0.6 is 0 Å². The molecular weight excluding hydrogens is 350 g/mol. The van der Waals surface area contributed by atoms with Crippen LogP contribution in [-0.4, -0.2) is 29.4 Å². The third-order valence-electron chi connectivity index (χ3n) is 5.18. The fourth-order valence-electron chi connectivity index (χ4n) is 3.67. The van der Waals surface area contributed by atoms with E-state index in [9.17, 15) is 9.59 Å². The Balaban J connectivity index is 1.71. The van der Waals surface area contributed by atoms with Crippen molar-refractivity contribution in [1.82, 2.24) is 9.55 Å². The molecule has 0 unspecified atom stereocenters. The molecule has 0 aliphatic carbocycles. The number of carbonyl (C=O) groups is 1. The highest BCUT2D eigenvalue weighted by atomic mass is 16.1. The average Bonchev–Trinajstić information content (AvgIpc) is 3.01. The Kier molecular flexibility index (Phi) is 3.46. The van der Waals surface area contributed by atoms with Crippen molar-refractivity contribution in [3.63, 3.8) is 0 Å².